The summed E-state index contributed by atoms with van der Waals surface area (Å²) in [6, 6.07) is 0. The second-order valence-corrected chi connectivity index (χ2v) is 7.16. The largest absolute Gasteiger partial charge is 0.378 e. The van der Waals surface area contributed by atoms with Crippen LogP contribution in [-0.2, 0) is 24.8 Å². The first kappa shape index (κ1) is 15.8. The molecule has 3 N–H and O–H groups in total. The minimum atomic E-state index is -3.64. The zero-order valence-electron chi connectivity index (χ0n) is 9.34. The van der Waals surface area contributed by atoms with Gasteiger partial charge in [-0.2, -0.15) is 0 Å². The second kappa shape index (κ2) is 6.50. The third-order valence-corrected chi connectivity index (χ3v) is 3.63. The maximum atomic E-state index is 11.3. The van der Waals surface area contributed by atoms with Crippen LogP contribution in [0.3, 0.4) is 0 Å². The van der Waals surface area contributed by atoms with Gasteiger partial charge in [0, 0.05) is 6.54 Å². The molecule has 0 atom stereocenters. The molecule has 0 saturated carbocycles. The standard InChI is InChI=1S/C7H18N2O5S2/c1-7(2)14-4-6-16(12,13)9-3-5-15(8,10)11/h7,9H,3-6H2,1-2H3,(H2,8,10,11). The van der Waals surface area contributed by atoms with Gasteiger partial charge in [-0.15, -0.1) is 0 Å². The van der Waals surface area contributed by atoms with Crippen molar-refractivity contribution in [1.82, 2.24) is 4.72 Å². The Morgan fingerprint density at radius 1 is 1.19 bits per heavy atom. The van der Waals surface area contributed by atoms with Crippen LogP contribution >= 0.6 is 0 Å². The highest BCUT2D eigenvalue weighted by Crippen LogP contribution is 1.90. The van der Waals surface area contributed by atoms with Gasteiger partial charge in [0.2, 0.25) is 20.0 Å². The molecule has 0 aromatic rings. The fraction of sp³-hybridized carbons (Fsp3) is 1.00. The number of nitrogens with one attached hydrogen (secondary N) is 1. The van der Waals surface area contributed by atoms with Gasteiger partial charge in [-0.1, -0.05) is 0 Å². The number of nitrogens with two attached hydrogens (primary N) is 1. The van der Waals surface area contributed by atoms with Crippen LogP contribution in [0, 0.1) is 0 Å². The Labute approximate surface area is 96.5 Å². The van der Waals surface area contributed by atoms with Gasteiger partial charge in [0.25, 0.3) is 0 Å². The SMILES string of the molecule is CC(C)OCCS(=O)(=O)NCCS(N)(=O)=O. The van der Waals surface area contributed by atoms with Crippen molar-refractivity contribution >= 4 is 20.0 Å². The fourth-order valence-electron chi connectivity index (χ4n) is 0.805. The molecule has 0 aliphatic heterocycles. The molecule has 0 saturated heterocycles. The van der Waals surface area contributed by atoms with E-state index < -0.39 is 25.8 Å². The van der Waals surface area contributed by atoms with Gasteiger partial charge in [0.1, 0.15) is 0 Å². The lowest BCUT2D eigenvalue weighted by Gasteiger charge is -2.08. The van der Waals surface area contributed by atoms with Crippen molar-refractivity contribution < 1.29 is 21.6 Å². The number of sulfonamides is 2. The Kier molecular flexibility index (Phi) is 6.41. The molecule has 0 aliphatic rings. The summed E-state index contributed by atoms with van der Waals surface area (Å²) in [5.41, 5.74) is 0. The zero-order chi connectivity index (χ0) is 12.8. The first-order chi connectivity index (χ1) is 7.12. The molecule has 9 heteroatoms. The first-order valence-electron chi connectivity index (χ1n) is 4.72. The highest BCUT2D eigenvalue weighted by molar-refractivity contribution is 7.90. The van der Waals surface area contributed by atoms with Gasteiger partial charge in [-0.3, -0.25) is 0 Å². The summed E-state index contributed by atoms with van der Waals surface area (Å²) >= 11 is 0. The van der Waals surface area contributed by atoms with Crippen LogP contribution in [0.2, 0.25) is 0 Å². The third-order valence-electron chi connectivity index (χ3n) is 1.51. The maximum absolute atomic E-state index is 11.3. The van der Waals surface area contributed by atoms with E-state index in [9.17, 15) is 16.8 Å². The molecule has 0 bridgehead atoms. The monoisotopic (exact) mass is 274 g/mol. The van der Waals surface area contributed by atoms with Gasteiger partial charge < -0.3 is 4.74 Å². The van der Waals surface area contributed by atoms with Crippen molar-refractivity contribution in [2.24, 2.45) is 5.14 Å². The van der Waals surface area contributed by atoms with Crippen LogP contribution in [0.4, 0.5) is 0 Å². The summed E-state index contributed by atoms with van der Waals surface area (Å²) in [5.74, 6) is -0.618. The molecule has 0 radical (unpaired) electrons. The first-order valence-corrected chi connectivity index (χ1v) is 8.08. The van der Waals surface area contributed by atoms with Crippen LogP contribution in [-0.4, -0.2) is 47.6 Å². The molecule has 16 heavy (non-hydrogen) atoms. The molecule has 0 rings (SSSR count). The minimum absolute atomic E-state index is 0.0420. The van der Waals surface area contributed by atoms with Crippen molar-refractivity contribution in [3.63, 3.8) is 0 Å². The van der Waals surface area contributed by atoms with E-state index >= 15 is 0 Å². The summed E-state index contributed by atoms with van der Waals surface area (Å²) in [5, 5.41) is 4.72. The van der Waals surface area contributed by atoms with Gasteiger partial charge in [-0.25, -0.2) is 26.7 Å². The molecule has 0 amide bonds. The predicted octanol–water partition coefficient (Wildman–Crippen LogP) is -1.38. The Morgan fingerprint density at radius 2 is 1.75 bits per heavy atom. The molecule has 0 heterocycles. The van der Waals surface area contributed by atoms with E-state index in [1.54, 1.807) is 13.8 Å². The number of ether oxygens (including phenoxy) is 1. The lowest BCUT2D eigenvalue weighted by Crippen LogP contribution is -2.34. The van der Waals surface area contributed by atoms with Crippen molar-refractivity contribution in [3.05, 3.63) is 0 Å². The van der Waals surface area contributed by atoms with Crippen LogP contribution in [0.15, 0.2) is 0 Å². The predicted molar refractivity (Wildman–Crippen MR) is 60.9 cm³/mol. The molecule has 0 aromatic heterocycles. The summed E-state index contributed by atoms with van der Waals surface area (Å²) in [4.78, 5) is 0. The Morgan fingerprint density at radius 3 is 2.19 bits per heavy atom. The molecule has 0 spiro atoms. The van der Waals surface area contributed by atoms with Gasteiger partial charge in [-0.05, 0) is 13.8 Å². The summed E-state index contributed by atoms with van der Waals surface area (Å²) in [6.07, 6.45) is -0.0420. The second-order valence-electron chi connectivity index (χ2n) is 3.50. The third kappa shape index (κ3) is 10.3. The van der Waals surface area contributed by atoms with Crippen molar-refractivity contribution in [2.45, 2.75) is 20.0 Å². The van der Waals surface area contributed by atoms with Gasteiger partial charge in [0.05, 0.1) is 24.2 Å². The number of primary sulfonamides is 1. The molecule has 98 valence electrons. The number of hydrogen-bond donors (Lipinski definition) is 2. The van der Waals surface area contributed by atoms with Crippen molar-refractivity contribution in [2.75, 3.05) is 24.7 Å². The average molecular weight is 274 g/mol. The van der Waals surface area contributed by atoms with E-state index in [4.69, 9.17) is 9.88 Å². The lowest BCUT2D eigenvalue weighted by atomic mass is 10.5. The highest BCUT2D eigenvalue weighted by Gasteiger charge is 2.11. The quantitative estimate of drug-likeness (QED) is 0.566. The van der Waals surface area contributed by atoms with Crippen LogP contribution in [0.25, 0.3) is 0 Å². The number of hydrogen-bond acceptors (Lipinski definition) is 5. The highest BCUT2D eigenvalue weighted by atomic mass is 32.2. The summed E-state index contributed by atoms with van der Waals surface area (Å²) in [6.45, 7) is 3.44. The van der Waals surface area contributed by atoms with Crippen LogP contribution in [0.5, 0.6) is 0 Å². The van der Waals surface area contributed by atoms with Crippen LogP contribution < -0.4 is 9.86 Å². The van der Waals surface area contributed by atoms with E-state index in [1.807, 2.05) is 0 Å². The zero-order valence-corrected chi connectivity index (χ0v) is 11.0. The molecule has 0 fully saturated rings. The smallest absolute Gasteiger partial charge is 0.213 e. The van der Waals surface area contributed by atoms with Crippen molar-refractivity contribution in [1.29, 1.82) is 0 Å². The topological polar surface area (TPSA) is 116 Å². The Bertz CT molecular complexity index is 387. The Balaban J connectivity index is 3.89. The molecule has 0 aromatic carbocycles. The van der Waals surface area contributed by atoms with Crippen molar-refractivity contribution in [3.8, 4) is 0 Å². The molecule has 7 nitrogen and oxygen atoms in total. The fourth-order valence-corrected chi connectivity index (χ4v) is 2.19. The van der Waals surface area contributed by atoms with E-state index in [-0.39, 0.29) is 25.0 Å². The molecule has 0 aliphatic carbocycles. The van der Waals surface area contributed by atoms with Crippen LogP contribution in [0.1, 0.15) is 13.8 Å². The van der Waals surface area contributed by atoms with E-state index in [0.717, 1.165) is 0 Å². The Hall–Kier alpha value is -0.220. The van der Waals surface area contributed by atoms with E-state index in [0.29, 0.717) is 0 Å². The van der Waals surface area contributed by atoms with Gasteiger partial charge >= 0.3 is 0 Å². The molecular weight excluding hydrogens is 256 g/mol. The average Bonchev–Trinajstić information content (AvgIpc) is 1.99. The molecule has 0 unspecified atom stereocenters. The summed E-state index contributed by atoms with van der Waals surface area (Å²) in [7, 11) is -7.13. The normalized spacial score (nSPS) is 13.2. The van der Waals surface area contributed by atoms with E-state index in [2.05, 4.69) is 4.72 Å². The maximum Gasteiger partial charge on any atom is 0.213 e. The summed E-state index contributed by atoms with van der Waals surface area (Å²) < 4.78 is 50.8. The minimum Gasteiger partial charge on any atom is -0.378 e. The van der Waals surface area contributed by atoms with E-state index in [1.165, 1.54) is 0 Å². The van der Waals surface area contributed by atoms with Gasteiger partial charge in [0.15, 0.2) is 0 Å². The lowest BCUT2D eigenvalue weighted by molar-refractivity contribution is 0.0911. The molecular formula is C7H18N2O5S2. The number of rotatable bonds is 8.